The normalized spacial score (nSPS) is 21.9. The standard InChI is InChI=1S/C26H52/c1-6-7-8-9-10-11-12-13-14-15-16-17-18-19-20-23(4)24(5)26-21-25(26)22(2)3/h22-26H,6-21H2,1-5H3. The fourth-order valence-electron chi connectivity index (χ4n) is 4.95. The first-order valence-electron chi connectivity index (χ1n) is 12.6. The van der Waals surface area contributed by atoms with E-state index in [1.54, 1.807) is 0 Å². The molecule has 0 aromatic heterocycles. The molecular formula is C26H52. The van der Waals surface area contributed by atoms with Crippen LogP contribution in [0.25, 0.3) is 0 Å². The second-order valence-corrected chi connectivity index (χ2v) is 10.0. The summed E-state index contributed by atoms with van der Waals surface area (Å²) in [4.78, 5) is 0. The van der Waals surface area contributed by atoms with Crippen LogP contribution in [0.4, 0.5) is 0 Å². The Morgan fingerprint density at radius 3 is 1.38 bits per heavy atom. The van der Waals surface area contributed by atoms with Crippen molar-refractivity contribution in [2.24, 2.45) is 29.6 Å². The first-order valence-corrected chi connectivity index (χ1v) is 12.6. The number of unbranched alkanes of at least 4 members (excludes halogenated alkanes) is 13. The molecule has 0 heterocycles. The van der Waals surface area contributed by atoms with Gasteiger partial charge in [0.15, 0.2) is 0 Å². The van der Waals surface area contributed by atoms with Crippen LogP contribution in [0.15, 0.2) is 0 Å². The van der Waals surface area contributed by atoms with Crippen molar-refractivity contribution in [1.82, 2.24) is 0 Å². The second kappa shape index (κ2) is 15.0. The summed E-state index contributed by atoms with van der Waals surface area (Å²) >= 11 is 0. The molecule has 1 rings (SSSR count). The summed E-state index contributed by atoms with van der Waals surface area (Å²) in [5.74, 6) is 4.92. The highest BCUT2D eigenvalue weighted by Crippen LogP contribution is 2.51. The Bertz CT molecular complexity index is 305. The van der Waals surface area contributed by atoms with Gasteiger partial charge in [-0.2, -0.15) is 0 Å². The molecule has 0 saturated heterocycles. The summed E-state index contributed by atoms with van der Waals surface area (Å²) in [6.07, 6.45) is 23.6. The highest BCUT2D eigenvalue weighted by atomic mass is 14.5. The molecule has 0 bridgehead atoms. The number of rotatable bonds is 18. The van der Waals surface area contributed by atoms with Gasteiger partial charge in [0, 0.05) is 0 Å². The van der Waals surface area contributed by atoms with Gasteiger partial charge in [-0.15, -0.1) is 0 Å². The predicted octanol–water partition coefficient (Wildman–Crippen LogP) is 9.42. The van der Waals surface area contributed by atoms with E-state index in [0.29, 0.717) is 0 Å². The quantitative estimate of drug-likeness (QED) is 0.212. The third kappa shape index (κ3) is 11.0. The Labute approximate surface area is 167 Å². The Balaban J connectivity index is 1.81. The molecule has 0 nitrogen and oxygen atoms in total. The Morgan fingerprint density at radius 2 is 1.00 bits per heavy atom. The highest BCUT2D eigenvalue weighted by molar-refractivity contribution is 4.92. The van der Waals surface area contributed by atoms with Gasteiger partial charge in [0.05, 0.1) is 0 Å². The molecule has 0 heteroatoms. The van der Waals surface area contributed by atoms with E-state index in [1.807, 2.05) is 0 Å². The van der Waals surface area contributed by atoms with Crippen LogP contribution < -0.4 is 0 Å². The maximum atomic E-state index is 2.53. The Morgan fingerprint density at radius 1 is 0.577 bits per heavy atom. The molecule has 4 atom stereocenters. The maximum Gasteiger partial charge on any atom is -0.0352 e. The topological polar surface area (TPSA) is 0 Å². The zero-order valence-electron chi connectivity index (χ0n) is 19.2. The molecule has 0 N–H and O–H groups in total. The first kappa shape index (κ1) is 24.0. The first-order chi connectivity index (χ1) is 12.6. The van der Waals surface area contributed by atoms with E-state index in [9.17, 15) is 0 Å². The van der Waals surface area contributed by atoms with Crippen molar-refractivity contribution in [3.8, 4) is 0 Å². The van der Waals surface area contributed by atoms with Crippen LogP contribution in [0.3, 0.4) is 0 Å². The molecule has 156 valence electrons. The van der Waals surface area contributed by atoms with Gasteiger partial charge in [0.2, 0.25) is 0 Å². The summed E-state index contributed by atoms with van der Waals surface area (Å²) in [7, 11) is 0. The van der Waals surface area contributed by atoms with Gasteiger partial charge in [-0.1, -0.05) is 131 Å². The van der Waals surface area contributed by atoms with Crippen molar-refractivity contribution in [3.63, 3.8) is 0 Å². The molecule has 1 aliphatic carbocycles. The zero-order chi connectivity index (χ0) is 19.2. The summed E-state index contributed by atoms with van der Waals surface area (Å²) < 4.78 is 0. The number of hydrogen-bond acceptors (Lipinski definition) is 0. The van der Waals surface area contributed by atoms with Crippen LogP contribution in [0.5, 0.6) is 0 Å². The van der Waals surface area contributed by atoms with E-state index in [0.717, 1.165) is 29.6 Å². The third-order valence-corrected chi connectivity index (χ3v) is 7.33. The fraction of sp³-hybridized carbons (Fsp3) is 1.00. The maximum absolute atomic E-state index is 2.53. The van der Waals surface area contributed by atoms with Crippen molar-refractivity contribution in [2.75, 3.05) is 0 Å². The summed E-state index contributed by atoms with van der Waals surface area (Å²) in [5.41, 5.74) is 0. The molecule has 1 aliphatic rings. The molecule has 0 aliphatic heterocycles. The molecule has 0 aromatic carbocycles. The number of hydrogen-bond donors (Lipinski definition) is 0. The molecule has 4 unspecified atom stereocenters. The van der Waals surface area contributed by atoms with Gasteiger partial charge >= 0.3 is 0 Å². The lowest BCUT2D eigenvalue weighted by molar-refractivity contribution is 0.293. The lowest BCUT2D eigenvalue weighted by Crippen LogP contribution is -2.12. The molecule has 1 saturated carbocycles. The van der Waals surface area contributed by atoms with Crippen LogP contribution in [0.2, 0.25) is 0 Å². The lowest BCUT2D eigenvalue weighted by atomic mass is 9.85. The SMILES string of the molecule is CCCCCCCCCCCCCCCCC(C)C(C)C1CC1C(C)C. The highest BCUT2D eigenvalue weighted by Gasteiger charge is 2.43. The molecule has 0 aromatic rings. The fourth-order valence-corrected chi connectivity index (χ4v) is 4.95. The minimum Gasteiger partial charge on any atom is -0.0654 e. The van der Waals surface area contributed by atoms with Crippen LogP contribution in [0.1, 0.15) is 137 Å². The second-order valence-electron chi connectivity index (χ2n) is 10.0. The minimum atomic E-state index is 0.913. The minimum absolute atomic E-state index is 0.913. The summed E-state index contributed by atoms with van der Waals surface area (Å²) in [6, 6.07) is 0. The van der Waals surface area contributed by atoms with E-state index >= 15 is 0 Å². The largest absolute Gasteiger partial charge is 0.0654 e. The third-order valence-electron chi connectivity index (χ3n) is 7.33. The van der Waals surface area contributed by atoms with Crippen LogP contribution >= 0.6 is 0 Å². The Kier molecular flexibility index (Phi) is 13.9. The van der Waals surface area contributed by atoms with Crippen LogP contribution in [0, 0.1) is 29.6 Å². The van der Waals surface area contributed by atoms with Gasteiger partial charge in [-0.25, -0.2) is 0 Å². The van der Waals surface area contributed by atoms with Gasteiger partial charge in [0.1, 0.15) is 0 Å². The summed E-state index contributed by atoms with van der Waals surface area (Å²) in [6.45, 7) is 12.2. The van der Waals surface area contributed by atoms with E-state index < -0.39 is 0 Å². The molecule has 26 heavy (non-hydrogen) atoms. The summed E-state index contributed by atoms with van der Waals surface area (Å²) in [5, 5.41) is 0. The van der Waals surface area contributed by atoms with Crippen LogP contribution in [-0.4, -0.2) is 0 Å². The van der Waals surface area contributed by atoms with E-state index in [2.05, 4.69) is 34.6 Å². The molecule has 0 spiro atoms. The van der Waals surface area contributed by atoms with Gasteiger partial charge in [-0.3, -0.25) is 0 Å². The predicted molar refractivity (Wildman–Crippen MR) is 120 cm³/mol. The van der Waals surface area contributed by atoms with Crippen molar-refractivity contribution in [3.05, 3.63) is 0 Å². The lowest BCUT2D eigenvalue weighted by Gasteiger charge is -2.20. The van der Waals surface area contributed by atoms with Gasteiger partial charge in [0.25, 0.3) is 0 Å². The van der Waals surface area contributed by atoms with Crippen molar-refractivity contribution in [1.29, 1.82) is 0 Å². The van der Waals surface area contributed by atoms with Crippen LogP contribution in [-0.2, 0) is 0 Å². The smallest absolute Gasteiger partial charge is 0.0352 e. The Hall–Kier alpha value is 0. The molecule has 0 amide bonds. The molecular weight excluding hydrogens is 312 g/mol. The average molecular weight is 365 g/mol. The monoisotopic (exact) mass is 364 g/mol. The van der Waals surface area contributed by atoms with E-state index in [-0.39, 0.29) is 0 Å². The van der Waals surface area contributed by atoms with Gasteiger partial charge in [-0.05, 0) is 36.0 Å². The van der Waals surface area contributed by atoms with Crippen molar-refractivity contribution in [2.45, 2.75) is 137 Å². The van der Waals surface area contributed by atoms with Gasteiger partial charge < -0.3 is 0 Å². The van der Waals surface area contributed by atoms with Crippen molar-refractivity contribution < 1.29 is 0 Å². The van der Waals surface area contributed by atoms with E-state index in [4.69, 9.17) is 0 Å². The zero-order valence-corrected chi connectivity index (χ0v) is 19.2. The van der Waals surface area contributed by atoms with Crippen molar-refractivity contribution >= 4 is 0 Å². The molecule has 1 fully saturated rings. The van der Waals surface area contributed by atoms with E-state index in [1.165, 1.54) is 103 Å². The average Bonchev–Trinajstić information content (AvgIpc) is 3.42. The molecule has 0 radical (unpaired) electrons.